The molecule has 2 unspecified atom stereocenters. The fourth-order valence-electron chi connectivity index (χ4n) is 2.43. The second kappa shape index (κ2) is 6.21. The lowest BCUT2D eigenvalue weighted by Gasteiger charge is -2.31. The van der Waals surface area contributed by atoms with Gasteiger partial charge in [0.2, 0.25) is 0 Å². The van der Waals surface area contributed by atoms with Gasteiger partial charge in [0.25, 0.3) is 0 Å². The smallest absolute Gasteiger partial charge is 0.133 e. The number of hydrogen-bond donors (Lipinski definition) is 1. The van der Waals surface area contributed by atoms with Gasteiger partial charge in [0.05, 0.1) is 16.1 Å². The number of ether oxygens (including phenoxy) is 1. The molecule has 0 spiro atoms. The number of hydrogen-bond acceptors (Lipinski definition) is 3. The lowest BCUT2D eigenvalue weighted by atomic mass is 9.86. The van der Waals surface area contributed by atoms with Crippen molar-refractivity contribution in [3.63, 3.8) is 0 Å². The maximum atomic E-state index is 8.83. The molecule has 1 aromatic rings. The molecular weight excluding hydrogens is 292 g/mol. The molecule has 1 aliphatic carbocycles. The molecule has 1 aliphatic rings. The third-order valence-corrected chi connectivity index (χ3v) is 4.10. The van der Waals surface area contributed by atoms with Gasteiger partial charge in [-0.15, -0.1) is 0 Å². The van der Waals surface area contributed by atoms with Crippen LogP contribution in [0.25, 0.3) is 0 Å². The Morgan fingerprint density at radius 3 is 2.83 bits per heavy atom. The van der Waals surface area contributed by atoms with Crippen molar-refractivity contribution in [2.75, 3.05) is 6.54 Å². The predicted molar refractivity (Wildman–Crippen MR) is 74.3 cm³/mol. The Labute approximate surface area is 116 Å². The summed E-state index contributed by atoms with van der Waals surface area (Å²) in [4.78, 5) is 0. The van der Waals surface area contributed by atoms with E-state index in [4.69, 9.17) is 15.7 Å². The number of nitrogens with zero attached hydrogens (tertiary/aromatic N) is 1. The normalized spacial score (nSPS) is 23.4. The average Bonchev–Trinajstić information content (AvgIpc) is 2.41. The van der Waals surface area contributed by atoms with Gasteiger partial charge in [0, 0.05) is 5.92 Å². The maximum absolute atomic E-state index is 8.83. The highest BCUT2D eigenvalue weighted by atomic mass is 79.9. The van der Waals surface area contributed by atoms with Crippen LogP contribution in [-0.4, -0.2) is 12.6 Å². The van der Waals surface area contributed by atoms with Crippen molar-refractivity contribution < 1.29 is 4.74 Å². The van der Waals surface area contributed by atoms with Crippen LogP contribution in [0.4, 0.5) is 0 Å². The van der Waals surface area contributed by atoms with E-state index >= 15 is 0 Å². The molecule has 0 aromatic heterocycles. The fraction of sp³-hybridized carbons (Fsp3) is 0.500. The lowest BCUT2D eigenvalue weighted by molar-refractivity contribution is 0.0962. The molecule has 1 aromatic carbocycles. The quantitative estimate of drug-likeness (QED) is 0.932. The van der Waals surface area contributed by atoms with Crippen LogP contribution < -0.4 is 10.5 Å². The zero-order chi connectivity index (χ0) is 13.0. The first-order valence-corrected chi connectivity index (χ1v) is 7.10. The summed E-state index contributed by atoms with van der Waals surface area (Å²) in [7, 11) is 0. The molecule has 2 atom stereocenters. The summed E-state index contributed by atoms with van der Waals surface area (Å²) in [5.74, 6) is 1.25. The van der Waals surface area contributed by atoms with E-state index in [0.29, 0.717) is 18.0 Å². The third kappa shape index (κ3) is 3.04. The molecule has 1 fully saturated rings. The molecule has 0 saturated heterocycles. The van der Waals surface area contributed by atoms with Gasteiger partial charge in [-0.1, -0.05) is 6.42 Å². The van der Waals surface area contributed by atoms with Crippen LogP contribution in [0.3, 0.4) is 0 Å². The monoisotopic (exact) mass is 308 g/mol. The first-order chi connectivity index (χ1) is 8.74. The van der Waals surface area contributed by atoms with Crippen LogP contribution >= 0.6 is 15.9 Å². The molecule has 1 saturated carbocycles. The molecule has 18 heavy (non-hydrogen) atoms. The number of nitriles is 1. The van der Waals surface area contributed by atoms with Crippen LogP contribution in [0, 0.1) is 17.2 Å². The molecule has 0 amide bonds. The molecule has 4 heteroatoms. The van der Waals surface area contributed by atoms with Gasteiger partial charge in [-0.3, -0.25) is 0 Å². The molecule has 96 valence electrons. The SMILES string of the molecule is N#Cc1ccc(OC2CCCCC2CN)c(Br)c1. The predicted octanol–water partition coefficient (Wildman–Crippen LogP) is 3.22. The van der Waals surface area contributed by atoms with Gasteiger partial charge in [0.15, 0.2) is 0 Å². The summed E-state index contributed by atoms with van der Waals surface area (Å²) in [6.45, 7) is 0.679. The van der Waals surface area contributed by atoms with Crippen molar-refractivity contribution in [3.05, 3.63) is 28.2 Å². The van der Waals surface area contributed by atoms with Crippen molar-refractivity contribution in [3.8, 4) is 11.8 Å². The van der Waals surface area contributed by atoms with Gasteiger partial charge in [-0.2, -0.15) is 5.26 Å². The van der Waals surface area contributed by atoms with Crippen LogP contribution in [0.5, 0.6) is 5.75 Å². The van der Waals surface area contributed by atoms with Crippen molar-refractivity contribution in [1.29, 1.82) is 5.26 Å². The molecule has 0 radical (unpaired) electrons. The van der Waals surface area contributed by atoms with Crippen molar-refractivity contribution in [2.45, 2.75) is 31.8 Å². The zero-order valence-corrected chi connectivity index (χ0v) is 11.8. The van der Waals surface area contributed by atoms with Crippen molar-refractivity contribution in [1.82, 2.24) is 0 Å². The van der Waals surface area contributed by atoms with E-state index < -0.39 is 0 Å². The average molecular weight is 309 g/mol. The Bertz CT molecular complexity index is 456. The van der Waals surface area contributed by atoms with Crippen LogP contribution in [-0.2, 0) is 0 Å². The van der Waals surface area contributed by atoms with Crippen LogP contribution in [0.2, 0.25) is 0 Å². The highest BCUT2D eigenvalue weighted by Crippen LogP contribution is 2.32. The van der Waals surface area contributed by atoms with E-state index in [2.05, 4.69) is 22.0 Å². The Hall–Kier alpha value is -1.05. The standard InChI is InChI=1S/C14H17BrN2O/c15-12-7-10(8-16)5-6-14(12)18-13-4-2-1-3-11(13)9-17/h5-7,11,13H,1-4,9,17H2. The Balaban J connectivity index is 2.10. The van der Waals surface area contributed by atoms with E-state index in [0.717, 1.165) is 23.1 Å². The molecule has 0 bridgehead atoms. The highest BCUT2D eigenvalue weighted by Gasteiger charge is 2.26. The number of nitrogens with two attached hydrogens (primary N) is 1. The summed E-state index contributed by atoms with van der Waals surface area (Å²) in [6, 6.07) is 7.53. The molecule has 0 aliphatic heterocycles. The van der Waals surface area contributed by atoms with Gasteiger partial charge >= 0.3 is 0 Å². The van der Waals surface area contributed by atoms with E-state index in [1.54, 1.807) is 12.1 Å². The Morgan fingerprint density at radius 1 is 1.39 bits per heavy atom. The molecule has 2 rings (SSSR count). The van der Waals surface area contributed by atoms with E-state index in [1.807, 2.05) is 6.07 Å². The number of halogens is 1. The van der Waals surface area contributed by atoms with Gasteiger partial charge in [-0.05, 0) is 59.9 Å². The van der Waals surface area contributed by atoms with Gasteiger partial charge in [0.1, 0.15) is 11.9 Å². The van der Waals surface area contributed by atoms with Gasteiger partial charge in [-0.25, -0.2) is 0 Å². The summed E-state index contributed by atoms with van der Waals surface area (Å²) in [5.41, 5.74) is 6.43. The number of benzene rings is 1. The number of rotatable bonds is 3. The summed E-state index contributed by atoms with van der Waals surface area (Å²) in [5, 5.41) is 8.83. The largest absolute Gasteiger partial charge is 0.489 e. The highest BCUT2D eigenvalue weighted by molar-refractivity contribution is 9.10. The van der Waals surface area contributed by atoms with Crippen molar-refractivity contribution in [2.24, 2.45) is 11.7 Å². The van der Waals surface area contributed by atoms with E-state index in [1.165, 1.54) is 12.8 Å². The summed E-state index contributed by atoms with van der Waals surface area (Å²) >= 11 is 3.45. The molecular formula is C14H17BrN2O. The molecule has 2 N–H and O–H groups in total. The second-order valence-corrected chi connectivity index (χ2v) is 5.55. The van der Waals surface area contributed by atoms with Crippen LogP contribution in [0.1, 0.15) is 31.2 Å². The topological polar surface area (TPSA) is 59.0 Å². The Kier molecular flexibility index (Phi) is 4.62. The van der Waals surface area contributed by atoms with Crippen LogP contribution in [0.15, 0.2) is 22.7 Å². The minimum atomic E-state index is 0.202. The maximum Gasteiger partial charge on any atom is 0.133 e. The van der Waals surface area contributed by atoms with Gasteiger partial charge < -0.3 is 10.5 Å². The summed E-state index contributed by atoms with van der Waals surface area (Å²) in [6.07, 6.45) is 4.86. The summed E-state index contributed by atoms with van der Waals surface area (Å²) < 4.78 is 6.89. The molecule has 0 heterocycles. The first kappa shape index (κ1) is 13.4. The minimum Gasteiger partial charge on any atom is -0.489 e. The fourth-order valence-corrected chi connectivity index (χ4v) is 2.90. The second-order valence-electron chi connectivity index (χ2n) is 4.69. The third-order valence-electron chi connectivity index (χ3n) is 3.48. The minimum absolute atomic E-state index is 0.202. The first-order valence-electron chi connectivity index (χ1n) is 6.31. The Morgan fingerprint density at radius 2 is 2.17 bits per heavy atom. The van der Waals surface area contributed by atoms with E-state index in [-0.39, 0.29) is 6.10 Å². The lowest BCUT2D eigenvalue weighted by Crippen LogP contribution is -2.35. The molecule has 3 nitrogen and oxygen atoms in total. The van der Waals surface area contributed by atoms with Crippen molar-refractivity contribution >= 4 is 15.9 Å². The van der Waals surface area contributed by atoms with E-state index in [9.17, 15) is 0 Å². The zero-order valence-electron chi connectivity index (χ0n) is 10.2.